The number of aromatic nitrogens is 2. The highest BCUT2D eigenvalue weighted by Crippen LogP contribution is 2.16. The largest absolute Gasteiger partial charge is 0.332 e. The van der Waals surface area contributed by atoms with Gasteiger partial charge < -0.3 is 4.90 Å². The SMILES string of the molecule is CCC(C)N(Cc1ccccc1)C(=O)c1cn[nH]c1C. The highest BCUT2D eigenvalue weighted by Gasteiger charge is 2.22. The summed E-state index contributed by atoms with van der Waals surface area (Å²) in [7, 11) is 0. The van der Waals surface area contributed by atoms with Crippen LogP contribution in [0.4, 0.5) is 0 Å². The predicted octanol–water partition coefficient (Wildman–Crippen LogP) is 3.16. The first-order chi connectivity index (χ1) is 9.63. The van der Waals surface area contributed by atoms with Crippen molar-refractivity contribution >= 4 is 5.91 Å². The van der Waals surface area contributed by atoms with Crippen LogP contribution >= 0.6 is 0 Å². The molecule has 0 aliphatic carbocycles. The average Bonchev–Trinajstić information content (AvgIpc) is 2.90. The van der Waals surface area contributed by atoms with Gasteiger partial charge in [-0.25, -0.2) is 0 Å². The van der Waals surface area contributed by atoms with Crippen LogP contribution in [0.25, 0.3) is 0 Å². The Morgan fingerprint density at radius 3 is 2.60 bits per heavy atom. The number of benzene rings is 1. The van der Waals surface area contributed by atoms with E-state index in [1.54, 1.807) is 6.20 Å². The summed E-state index contributed by atoms with van der Waals surface area (Å²) in [4.78, 5) is 14.6. The molecule has 1 heterocycles. The molecule has 1 unspecified atom stereocenters. The van der Waals surface area contributed by atoms with E-state index in [2.05, 4.69) is 24.0 Å². The van der Waals surface area contributed by atoms with Crippen molar-refractivity contribution in [3.63, 3.8) is 0 Å². The summed E-state index contributed by atoms with van der Waals surface area (Å²) in [6, 6.07) is 10.3. The van der Waals surface area contributed by atoms with E-state index in [-0.39, 0.29) is 11.9 Å². The van der Waals surface area contributed by atoms with Crippen molar-refractivity contribution in [3.8, 4) is 0 Å². The number of nitrogens with zero attached hydrogens (tertiary/aromatic N) is 2. The van der Waals surface area contributed by atoms with Crippen molar-refractivity contribution in [2.75, 3.05) is 0 Å². The summed E-state index contributed by atoms with van der Waals surface area (Å²) in [5.41, 5.74) is 2.61. The lowest BCUT2D eigenvalue weighted by atomic mass is 10.1. The van der Waals surface area contributed by atoms with Gasteiger partial charge in [0.15, 0.2) is 0 Å². The van der Waals surface area contributed by atoms with Crippen molar-refractivity contribution in [1.82, 2.24) is 15.1 Å². The molecule has 1 aromatic heterocycles. The summed E-state index contributed by atoms with van der Waals surface area (Å²) in [5, 5.41) is 6.77. The second-order valence-electron chi connectivity index (χ2n) is 5.08. The molecule has 4 nitrogen and oxygen atoms in total. The number of hydrogen-bond donors (Lipinski definition) is 1. The third kappa shape index (κ3) is 3.07. The first-order valence-corrected chi connectivity index (χ1v) is 6.98. The maximum absolute atomic E-state index is 12.7. The topological polar surface area (TPSA) is 49.0 Å². The first-order valence-electron chi connectivity index (χ1n) is 6.98. The Bertz CT molecular complexity index is 562. The molecule has 0 aliphatic rings. The zero-order valence-electron chi connectivity index (χ0n) is 12.3. The number of aromatic amines is 1. The lowest BCUT2D eigenvalue weighted by molar-refractivity contribution is 0.0671. The Morgan fingerprint density at radius 2 is 2.05 bits per heavy atom. The molecule has 2 rings (SSSR count). The number of rotatable bonds is 5. The molecular weight excluding hydrogens is 250 g/mol. The molecule has 1 amide bonds. The third-order valence-corrected chi connectivity index (χ3v) is 3.64. The standard InChI is InChI=1S/C16H21N3O/c1-4-12(2)19(11-14-8-6-5-7-9-14)16(20)15-10-17-18-13(15)3/h5-10,12H,4,11H2,1-3H3,(H,17,18). The molecule has 106 valence electrons. The highest BCUT2D eigenvalue weighted by molar-refractivity contribution is 5.95. The van der Waals surface area contributed by atoms with Gasteiger partial charge in [0, 0.05) is 18.3 Å². The van der Waals surface area contributed by atoms with E-state index in [4.69, 9.17) is 0 Å². The number of carbonyl (C=O) groups excluding carboxylic acids is 1. The van der Waals surface area contributed by atoms with Crippen molar-refractivity contribution in [1.29, 1.82) is 0 Å². The summed E-state index contributed by atoms with van der Waals surface area (Å²) >= 11 is 0. The number of aryl methyl sites for hydroxylation is 1. The zero-order valence-corrected chi connectivity index (χ0v) is 12.3. The summed E-state index contributed by atoms with van der Waals surface area (Å²) in [6.45, 7) is 6.67. The van der Waals surface area contributed by atoms with Crippen molar-refractivity contribution in [2.45, 2.75) is 39.8 Å². The molecule has 0 aliphatic heterocycles. The third-order valence-electron chi connectivity index (χ3n) is 3.64. The molecule has 0 fully saturated rings. The van der Waals surface area contributed by atoms with Crippen LogP contribution in [0.15, 0.2) is 36.5 Å². The fourth-order valence-electron chi connectivity index (χ4n) is 2.15. The number of nitrogens with one attached hydrogen (secondary N) is 1. The van der Waals surface area contributed by atoms with Crippen LogP contribution in [-0.2, 0) is 6.54 Å². The molecule has 0 radical (unpaired) electrons. The van der Waals surface area contributed by atoms with Crippen LogP contribution in [-0.4, -0.2) is 27.0 Å². The smallest absolute Gasteiger partial charge is 0.257 e. The molecular formula is C16H21N3O. The molecule has 1 aromatic carbocycles. The number of amides is 1. The van der Waals surface area contributed by atoms with E-state index in [0.29, 0.717) is 12.1 Å². The monoisotopic (exact) mass is 271 g/mol. The van der Waals surface area contributed by atoms with Gasteiger partial charge in [-0.15, -0.1) is 0 Å². The molecule has 2 aromatic rings. The molecule has 0 bridgehead atoms. The van der Waals surface area contributed by atoms with Crippen LogP contribution < -0.4 is 0 Å². The minimum absolute atomic E-state index is 0.0365. The summed E-state index contributed by atoms with van der Waals surface area (Å²) in [6.07, 6.45) is 2.54. The van der Waals surface area contributed by atoms with Crippen molar-refractivity contribution in [3.05, 3.63) is 53.3 Å². The Kier molecular flexibility index (Phi) is 4.56. The van der Waals surface area contributed by atoms with Gasteiger partial charge in [-0.05, 0) is 25.8 Å². The van der Waals surface area contributed by atoms with Gasteiger partial charge in [-0.1, -0.05) is 37.3 Å². The average molecular weight is 271 g/mol. The van der Waals surface area contributed by atoms with Gasteiger partial charge in [-0.2, -0.15) is 5.10 Å². The minimum Gasteiger partial charge on any atom is -0.332 e. The van der Waals surface area contributed by atoms with Crippen molar-refractivity contribution in [2.24, 2.45) is 0 Å². The van der Waals surface area contributed by atoms with Crippen LogP contribution in [0.2, 0.25) is 0 Å². The van der Waals surface area contributed by atoms with E-state index in [1.165, 1.54) is 0 Å². The maximum atomic E-state index is 12.7. The predicted molar refractivity (Wildman–Crippen MR) is 79.4 cm³/mol. The Labute approximate surface area is 119 Å². The Morgan fingerprint density at radius 1 is 1.35 bits per heavy atom. The Balaban J connectivity index is 2.24. The second-order valence-corrected chi connectivity index (χ2v) is 5.08. The van der Waals surface area contributed by atoms with Gasteiger partial charge in [0.05, 0.1) is 11.8 Å². The van der Waals surface area contributed by atoms with E-state index in [1.807, 2.05) is 42.2 Å². The lowest BCUT2D eigenvalue weighted by Gasteiger charge is -2.28. The van der Waals surface area contributed by atoms with E-state index in [9.17, 15) is 4.79 Å². The molecule has 1 atom stereocenters. The lowest BCUT2D eigenvalue weighted by Crippen LogP contribution is -2.37. The quantitative estimate of drug-likeness (QED) is 0.908. The van der Waals surface area contributed by atoms with Crippen LogP contribution in [0.5, 0.6) is 0 Å². The number of H-pyrrole nitrogens is 1. The second kappa shape index (κ2) is 6.37. The van der Waals surface area contributed by atoms with Crippen LogP contribution in [0.1, 0.15) is 41.9 Å². The molecule has 4 heteroatoms. The van der Waals surface area contributed by atoms with Gasteiger partial charge in [0.1, 0.15) is 0 Å². The molecule has 1 N–H and O–H groups in total. The minimum atomic E-state index is 0.0365. The van der Waals surface area contributed by atoms with Crippen LogP contribution in [0.3, 0.4) is 0 Å². The number of hydrogen-bond acceptors (Lipinski definition) is 2. The van der Waals surface area contributed by atoms with Gasteiger partial charge in [0.2, 0.25) is 0 Å². The Hall–Kier alpha value is -2.10. The molecule has 0 spiro atoms. The maximum Gasteiger partial charge on any atom is 0.257 e. The van der Waals surface area contributed by atoms with E-state index >= 15 is 0 Å². The fourth-order valence-corrected chi connectivity index (χ4v) is 2.15. The molecule has 0 saturated carbocycles. The van der Waals surface area contributed by atoms with E-state index in [0.717, 1.165) is 17.7 Å². The van der Waals surface area contributed by atoms with Crippen molar-refractivity contribution < 1.29 is 4.79 Å². The molecule has 0 saturated heterocycles. The zero-order chi connectivity index (χ0) is 14.5. The normalized spacial score (nSPS) is 12.2. The number of carbonyl (C=O) groups is 1. The van der Waals surface area contributed by atoms with Gasteiger partial charge in [-0.3, -0.25) is 9.89 Å². The summed E-state index contributed by atoms with van der Waals surface area (Å²) in [5.74, 6) is 0.0365. The van der Waals surface area contributed by atoms with Gasteiger partial charge >= 0.3 is 0 Å². The van der Waals surface area contributed by atoms with Crippen LogP contribution in [0, 0.1) is 6.92 Å². The molecule has 20 heavy (non-hydrogen) atoms. The van der Waals surface area contributed by atoms with Gasteiger partial charge in [0.25, 0.3) is 5.91 Å². The fraction of sp³-hybridized carbons (Fsp3) is 0.375. The van der Waals surface area contributed by atoms with E-state index < -0.39 is 0 Å². The summed E-state index contributed by atoms with van der Waals surface area (Å²) < 4.78 is 0. The highest BCUT2D eigenvalue weighted by atomic mass is 16.2. The first kappa shape index (κ1) is 14.3.